The number of nitrogens with zero attached hydrogens (tertiary/aromatic N) is 3. The minimum absolute atomic E-state index is 0.209. The Morgan fingerprint density at radius 3 is 2.89 bits per heavy atom. The topological polar surface area (TPSA) is 84.1 Å². The maximum atomic E-state index is 11.0. The van der Waals surface area contributed by atoms with E-state index in [1.165, 1.54) is 6.42 Å². The minimum atomic E-state index is -0.542. The fourth-order valence-electron chi connectivity index (χ4n) is 2.49. The van der Waals surface area contributed by atoms with Crippen molar-refractivity contribution in [3.8, 4) is 0 Å². The number of carbonyl (C=O) groups excluding carboxylic acids is 1. The first-order valence-corrected chi connectivity index (χ1v) is 6.67. The monoisotopic (exact) mass is 263 g/mol. The van der Waals surface area contributed by atoms with Crippen LogP contribution in [0, 0.1) is 5.92 Å². The number of piperidine rings is 1. The van der Waals surface area contributed by atoms with Crippen molar-refractivity contribution in [1.29, 1.82) is 0 Å². The molecule has 1 amide bonds. The number of carbonyl (C=O) groups is 1. The molecule has 1 aliphatic heterocycles. The van der Waals surface area contributed by atoms with Crippen LogP contribution in [0.5, 0.6) is 0 Å². The molecule has 0 bridgehead atoms. The summed E-state index contributed by atoms with van der Waals surface area (Å²) in [6.07, 6.45) is 2.38. The predicted molar refractivity (Wildman–Crippen MR) is 74.0 cm³/mol. The van der Waals surface area contributed by atoms with Crippen LogP contribution < -0.4 is 16.0 Å². The number of rotatable bonds is 4. The number of nitrogens with two attached hydrogens (primary N) is 1. The molecule has 0 saturated carbocycles. The van der Waals surface area contributed by atoms with E-state index in [1.54, 1.807) is 6.07 Å². The first-order chi connectivity index (χ1) is 9.11. The maximum absolute atomic E-state index is 11.0. The lowest BCUT2D eigenvalue weighted by atomic mass is 9.92. The number of nitrogens with one attached hydrogen (secondary N) is 1. The molecule has 3 N–H and O–H groups in total. The van der Waals surface area contributed by atoms with E-state index in [1.807, 2.05) is 13.1 Å². The van der Waals surface area contributed by atoms with Gasteiger partial charge in [0, 0.05) is 19.1 Å². The second kappa shape index (κ2) is 5.97. The lowest BCUT2D eigenvalue weighted by Gasteiger charge is -2.36. The van der Waals surface area contributed by atoms with Gasteiger partial charge in [0.05, 0.1) is 0 Å². The summed E-state index contributed by atoms with van der Waals surface area (Å²) in [5.74, 6) is 0.883. The Kier molecular flexibility index (Phi) is 4.31. The highest BCUT2D eigenvalue weighted by molar-refractivity contribution is 5.90. The van der Waals surface area contributed by atoms with Gasteiger partial charge in [-0.3, -0.25) is 4.79 Å². The normalized spacial score (nSPS) is 21.2. The zero-order chi connectivity index (χ0) is 13.8. The standard InChI is InChI=1S/C13H21N5O/c1-9(15-2)10-4-3-7-18(8-10)12-6-5-11(13(14)19)16-17-12/h5-6,9-10,15H,3-4,7-8H2,1-2H3,(H2,14,19). The first kappa shape index (κ1) is 13.7. The molecule has 0 aliphatic carbocycles. The van der Waals surface area contributed by atoms with E-state index in [0.717, 1.165) is 25.3 Å². The van der Waals surface area contributed by atoms with Crippen LogP contribution in [0.4, 0.5) is 5.82 Å². The van der Waals surface area contributed by atoms with Crippen molar-refractivity contribution >= 4 is 11.7 Å². The van der Waals surface area contributed by atoms with Crippen molar-refractivity contribution in [3.63, 3.8) is 0 Å². The molecule has 6 heteroatoms. The predicted octanol–water partition coefficient (Wildman–Crippen LogP) is 0.400. The molecule has 0 spiro atoms. The van der Waals surface area contributed by atoms with Crippen molar-refractivity contribution in [2.24, 2.45) is 11.7 Å². The third-order valence-corrected chi connectivity index (χ3v) is 3.85. The summed E-state index contributed by atoms with van der Waals surface area (Å²) in [6, 6.07) is 3.94. The Morgan fingerprint density at radius 1 is 1.53 bits per heavy atom. The van der Waals surface area contributed by atoms with Gasteiger partial charge in [-0.25, -0.2) is 0 Å². The lowest BCUT2D eigenvalue weighted by Crippen LogP contribution is -2.43. The molecule has 19 heavy (non-hydrogen) atoms. The Hall–Kier alpha value is -1.69. The highest BCUT2D eigenvalue weighted by Gasteiger charge is 2.24. The largest absolute Gasteiger partial charge is 0.364 e. The van der Waals surface area contributed by atoms with Gasteiger partial charge < -0.3 is 16.0 Å². The second-order valence-corrected chi connectivity index (χ2v) is 5.07. The van der Waals surface area contributed by atoms with Crippen molar-refractivity contribution in [3.05, 3.63) is 17.8 Å². The van der Waals surface area contributed by atoms with E-state index < -0.39 is 5.91 Å². The summed E-state index contributed by atoms with van der Waals surface area (Å²) in [4.78, 5) is 13.2. The third-order valence-electron chi connectivity index (χ3n) is 3.85. The molecule has 2 rings (SSSR count). The second-order valence-electron chi connectivity index (χ2n) is 5.07. The van der Waals surface area contributed by atoms with Crippen molar-refractivity contribution in [2.75, 3.05) is 25.0 Å². The molecule has 2 unspecified atom stereocenters. The van der Waals surface area contributed by atoms with Crippen LogP contribution in [0.15, 0.2) is 12.1 Å². The van der Waals surface area contributed by atoms with Gasteiger partial charge >= 0.3 is 0 Å². The summed E-state index contributed by atoms with van der Waals surface area (Å²) in [5.41, 5.74) is 5.37. The van der Waals surface area contributed by atoms with Gasteiger partial charge in [0.2, 0.25) is 0 Å². The highest BCUT2D eigenvalue weighted by atomic mass is 16.1. The average molecular weight is 263 g/mol. The van der Waals surface area contributed by atoms with Crippen LogP contribution in [0.1, 0.15) is 30.3 Å². The van der Waals surface area contributed by atoms with Crippen LogP contribution in [0.2, 0.25) is 0 Å². The molecule has 1 aromatic rings. The summed E-state index contributed by atoms with van der Waals surface area (Å²) < 4.78 is 0. The smallest absolute Gasteiger partial charge is 0.269 e. The number of amides is 1. The van der Waals surface area contributed by atoms with Crippen LogP contribution >= 0.6 is 0 Å². The SMILES string of the molecule is CNC(C)C1CCCN(c2ccc(C(N)=O)nn2)C1. The molecular formula is C13H21N5O. The fourth-order valence-corrected chi connectivity index (χ4v) is 2.49. The van der Waals surface area contributed by atoms with E-state index in [-0.39, 0.29) is 5.69 Å². The summed E-state index contributed by atoms with van der Waals surface area (Å²) in [7, 11) is 1.99. The summed E-state index contributed by atoms with van der Waals surface area (Å²) in [6.45, 7) is 4.15. The molecule has 2 heterocycles. The molecular weight excluding hydrogens is 242 g/mol. The molecule has 0 radical (unpaired) electrons. The fraction of sp³-hybridized carbons (Fsp3) is 0.615. The number of primary amides is 1. The molecule has 6 nitrogen and oxygen atoms in total. The van der Waals surface area contributed by atoms with Crippen LogP contribution in [-0.2, 0) is 0 Å². The van der Waals surface area contributed by atoms with Gasteiger partial charge in [-0.1, -0.05) is 0 Å². The molecule has 1 aliphatic rings. The van der Waals surface area contributed by atoms with Gasteiger partial charge in [-0.2, -0.15) is 0 Å². The summed E-state index contributed by atoms with van der Waals surface area (Å²) in [5, 5.41) is 11.3. The van der Waals surface area contributed by atoms with Crippen molar-refractivity contribution in [2.45, 2.75) is 25.8 Å². The van der Waals surface area contributed by atoms with E-state index in [0.29, 0.717) is 12.0 Å². The van der Waals surface area contributed by atoms with Crippen LogP contribution in [0.3, 0.4) is 0 Å². The third kappa shape index (κ3) is 3.20. The number of hydrogen-bond acceptors (Lipinski definition) is 5. The zero-order valence-corrected chi connectivity index (χ0v) is 11.5. The van der Waals surface area contributed by atoms with Gasteiger partial charge in [-0.05, 0) is 44.9 Å². The lowest BCUT2D eigenvalue weighted by molar-refractivity contribution is 0.0994. The average Bonchev–Trinajstić information content (AvgIpc) is 2.46. The Morgan fingerprint density at radius 2 is 2.32 bits per heavy atom. The first-order valence-electron chi connectivity index (χ1n) is 6.67. The quantitative estimate of drug-likeness (QED) is 0.821. The van der Waals surface area contributed by atoms with E-state index in [2.05, 4.69) is 27.3 Å². The highest BCUT2D eigenvalue weighted by Crippen LogP contribution is 2.23. The summed E-state index contributed by atoms with van der Waals surface area (Å²) >= 11 is 0. The molecule has 1 saturated heterocycles. The number of anilines is 1. The molecule has 1 fully saturated rings. The molecule has 2 atom stereocenters. The molecule has 0 aromatic carbocycles. The Labute approximate surface area is 113 Å². The maximum Gasteiger partial charge on any atom is 0.269 e. The Bertz CT molecular complexity index is 433. The van der Waals surface area contributed by atoms with E-state index in [9.17, 15) is 4.79 Å². The van der Waals surface area contributed by atoms with Crippen LogP contribution in [-0.4, -0.2) is 42.3 Å². The zero-order valence-electron chi connectivity index (χ0n) is 11.5. The van der Waals surface area contributed by atoms with E-state index in [4.69, 9.17) is 5.73 Å². The van der Waals surface area contributed by atoms with E-state index >= 15 is 0 Å². The van der Waals surface area contributed by atoms with Gasteiger partial charge in [0.25, 0.3) is 5.91 Å². The number of aromatic nitrogens is 2. The van der Waals surface area contributed by atoms with Gasteiger partial charge in [0.15, 0.2) is 11.5 Å². The Balaban J connectivity index is 2.06. The van der Waals surface area contributed by atoms with Gasteiger partial charge in [0.1, 0.15) is 0 Å². The van der Waals surface area contributed by atoms with Crippen LogP contribution in [0.25, 0.3) is 0 Å². The minimum Gasteiger partial charge on any atom is -0.364 e. The van der Waals surface area contributed by atoms with Crippen molar-refractivity contribution < 1.29 is 4.79 Å². The number of hydrogen-bond donors (Lipinski definition) is 2. The van der Waals surface area contributed by atoms with Crippen molar-refractivity contribution in [1.82, 2.24) is 15.5 Å². The molecule has 104 valence electrons. The van der Waals surface area contributed by atoms with Gasteiger partial charge in [-0.15, -0.1) is 10.2 Å². The molecule has 1 aromatic heterocycles.